The molecule has 1 N–H and O–H groups in total. The summed E-state index contributed by atoms with van der Waals surface area (Å²) in [5.41, 5.74) is -0.560. The monoisotopic (exact) mass is 283 g/mol. The second-order valence-corrected chi connectivity index (χ2v) is 5.30. The van der Waals surface area contributed by atoms with Crippen molar-refractivity contribution in [1.29, 1.82) is 0 Å². The molecule has 7 nitrogen and oxygen atoms in total. The normalized spacial score (nSPS) is 12.6. The Bertz CT molecular complexity index is 437. The van der Waals surface area contributed by atoms with Crippen LogP contribution < -0.4 is 5.32 Å². The van der Waals surface area contributed by atoms with Crippen molar-refractivity contribution in [1.82, 2.24) is 14.9 Å². The molecule has 0 bridgehead atoms. The zero-order chi connectivity index (χ0) is 15.2. The van der Waals surface area contributed by atoms with Gasteiger partial charge in [0.05, 0.1) is 6.04 Å². The van der Waals surface area contributed by atoms with E-state index >= 15 is 0 Å². The summed E-state index contributed by atoms with van der Waals surface area (Å²) in [6.45, 7) is 7.31. The van der Waals surface area contributed by atoms with E-state index in [4.69, 9.17) is 9.47 Å². The zero-order valence-corrected chi connectivity index (χ0v) is 12.3. The Morgan fingerprint density at radius 3 is 2.60 bits per heavy atom. The first-order valence-corrected chi connectivity index (χ1v) is 6.46. The lowest BCUT2D eigenvalue weighted by Crippen LogP contribution is -2.41. The van der Waals surface area contributed by atoms with Crippen molar-refractivity contribution in [3.05, 3.63) is 18.7 Å². The van der Waals surface area contributed by atoms with Gasteiger partial charge in [0.1, 0.15) is 18.5 Å². The second kappa shape index (κ2) is 6.93. The van der Waals surface area contributed by atoms with E-state index in [1.807, 2.05) is 6.92 Å². The molecule has 1 heterocycles. The first-order valence-electron chi connectivity index (χ1n) is 6.46. The van der Waals surface area contributed by atoms with Gasteiger partial charge in [-0.25, -0.2) is 19.1 Å². The molecule has 7 heteroatoms. The summed E-state index contributed by atoms with van der Waals surface area (Å²) in [5.74, 6) is 0. The zero-order valence-electron chi connectivity index (χ0n) is 12.3. The third-order valence-corrected chi connectivity index (χ3v) is 2.34. The van der Waals surface area contributed by atoms with Crippen LogP contribution in [0.15, 0.2) is 18.7 Å². The van der Waals surface area contributed by atoms with Crippen LogP contribution in [-0.4, -0.2) is 40.0 Å². The molecule has 1 rings (SSSR count). The molecule has 0 radical (unpaired) electrons. The first-order chi connectivity index (χ1) is 9.31. The Morgan fingerprint density at radius 2 is 2.10 bits per heavy atom. The number of hydrogen-bond donors (Lipinski definition) is 1. The van der Waals surface area contributed by atoms with Gasteiger partial charge in [-0.15, -0.1) is 0 Å². The molecule has 0 aliphatic rings. The van der Waals surface area contributed by atoms with Crippen LogP contribution in [0.25, 0.3) is 0 Å². The van der Waals surface area contributed by atoms with E-state index in [1.165, 1.54) is 23.3 Å². The standard InChI is InChI=1S/C13H21N3O4/c1-5-10(15-11(17)20-13(2,3)4)8-19-12(18)16-7-6-14-9-16/h6-7,9-10H,5,8H2,1-4H3,(H,15,17). The molecule has 0 aromatic carbocycles. The van der Waals surface area contributed by atoms with Gasteiger partial charge in [-0.3, -0.25) is 0 Å². The fourth-order valence-electron chi connectivity index (χ4n) is 1.35. The molecular weight excluding hydrogens is 262 g/mol. The highest BCUT2D eigenvalue weighted by atomic mass is 16.6. The molecule has 1 unspecified atom stereocenters. The van der Waals surface area contributed by atoms with Crippen LogP contribution in [0.2, 0.25) is 0 Å². The third kappa shape index (κ3) is 5.73. The molecule has 20 heavy (non-hydrogen) atoms. The molecule has 0 aliphatic carbocycles. The van der Waals surface area contributed by atoms with Crippen LogP contribution in [0.5, 0.6) is 0 Å². The van der Waals surface area contributed by atoms with Crippen LogP contribution in [0.4, 0.5) is 9.59 Å². The number of nitrogens with one attached hydrogen (secondary N) is 1. The van der Waals surface area contributed by atoms with Crippen molar-refractivity contribution < 1.29 is 19.1 Å². The molecule has 1 aromatic rings. The Labute approximate surface area is 118 Å². The minimum atomic E-state index is -0.560. The number of rotatable bonds is 4. The Morgan fingerprint density at radius 1 is 1.40 bits per heavy atom. The first kappa shape index (κ1) is 16.0. The topological polar surface area (TPSA) is 82.5 Å². The third-order valence-electron chi connectivity index (χ3n) is 2.34. The van der Waals surface area contributed by atoms with E-state index in [9.17, 15) is 9.59 Å². The lowest BCUT2D eigenvalue weighted by atomic mass is 10.2. The molecule has 112 valence electrons. The summed E-state index contributed by atoms with van der Waals surface area (Å²) >= 11 is 0. The molecule has 1 aromatic heterocycles. The molecule has 0 spiro atoms. The predicted molar refractivity (Wildman–Crippen MR) is 72.4 cm³/mol. The number of hydrogen-bond acceptors (Lipinski definition) is 5. The van der Waals surface area contributed by atoms with Gasteiger partial charge < -0.3 is 14.8 Å². The van der Waals surface area contributed by atoms with Gasteiger partial charge in [0, 0.05) is 12.4 Å². The van der Waals surface area contributed by atoms with Crippen molar-refractivity contribution in [3.63, 3.8) is 0 Å². The minimum Gasteiger partial charge on any atom is -0.447 e. The van der Waals surface area contributed by atoms with Gasteiger partial charge in [0.2, 0.25) is 0 Å². The summed E-state index contributed by atoms with van der Waals surface area (Å²) in [4.78, 5) is 27.0. The van der Waals surface area contributed by atoms with E-state index in [-0.39, 0.29) is 12.6 Å². The quantitative estimate of drug-likeness (QED) is 0.915. The van der Waals surface area contributed by atoms with Crippen LogP contribution in [0, 0.1) is 0 Å². The van der Waals surface area contributed by atoms with Crippen molar-refractivity contribution in [2.75, 3.05) is 6.61 Å². The molecule has 0 saturated heterocycles. The van der Waals surface area contributed by atoms with E-state index in [1.54, 1.807) is 20.8 Å². The number of carbonyl (C=O) groups excluding carboxylic acids is 2. The van der Waals surface area contributed by atoms with Gasteiger partial charge in [0.15, 0.2) is 0 Å². The maximum atomic E-state index is 11.6. The number of amides is 1. The van der Waals surface area contributed by atoms with Gasteiger partial charge in [-0.05, 0) is 27.2 Å². The number of ether oxygens (including phenoxy) is 2. The summed E-state index contributed by atoms with van der Waals surface area (Å²) in [5, 5.41) is 2.66. The smallest absolute Gasteiger partial charge is 0.419 e. The van der Waals surface area contributed by atoms with Crippen molar-refractivity contribution in [2.45, 2.75) is 45.8 Å². The van der Waals surface area contributed by atoms with Crippen molar-refractivity contribution in [2.24, 2.45) is 0 Å². The summed E-state index contributed by atoms with van der Waals surface area (Å²) in [7, 11) is 0. The highest BCUT2D eigenvalue weighted by molar-refractivity contribution is 5.70. The number of nitrogens with zero attached hydrogens (tertiary/aromatic N) is 2. The molecule has 0 saturated carbocycles. The molecule has 0 fully saturated rings. The minimum absolute atomic E-state index is 0.0761. The maximum Gasteiger partial charge on any atom is 0.419 e. The Balaban J connectivity index is 2.40. The van der Waals surface area contributed by atoms with Crippen molar-refractivity contribution >= 4 is 12.2 Å². The van der Waals surface area contributed by atoms with Gasteiger partial charge in [-0.2, -0.15) is 0 Å². The fourth-order valence-corrected chi connectivity index (χ4v) is 1.35. The number of imidazole rings is 1. The highest BCUT2D eigenvalue weighted by Crippen LogP contribution is 2.07. The summed E-state index contributed by atoms with van der Waals surface area (Å²) in [6.07, 6.45) is 3.89. The Kier molecular flexibility index (Phi) is 5.54. The average Bonchev–Trinajstić information content (AvgIpc) is 2.85. The van der Waals surface area contributed by atoms with E-state index in [0.29, 0.717) is 6.42 Å². The number of alkyl carbamates (subject to hydrolysis) is 1. The van der Waals surface area contributed by atoms with E-state index in [0.717, 1.165) is 0 Å². The average molecular weight is 283 g/mol. The van der Waals surface area contributed by atoms with Crippen molar-refractivity contribution in [3.8, 4) is 0 Å². The lowest BCUT2D eigenvalue weighted by Gasteiger charge is -2.22. The highest BCUT2D eigenvalue weighted by Gasteiger charge is 2.19. The summed E-state index contributed by atoms with van der Waals surface area (Å²) < 4.78 is 11.4. The molecule has 1 amide bonds. The largest absolute Gasteiger partial charge is 0.447 e. The Hall–Kier alpha value is -2.05. The summed E-state index contributed by atoms with van der Waals surface area (Å²) in [6, 6.07) is -0.294. The molecule has 1 atom stereocenters. The maximum absolute atomic E-state index is 11.6. The number of aromatic nitrogens is 2. The predicted octanol–water partition coefficient (Wildman–Crippen LogP) is 2.17. The van der Waals surface area contributed by atoms with Gasteiger partial charge in [0.25, 0.3) is 0 Å². The molecular formula is C13H21N3O4. The van der Waals surface area contributed by atoms with Crippen LogP contribution in [-0.2, 0) is 9.47 Å². The SMILES string of the molecule is CCC(COC(=O)n1ccnc1)NC(=O)OC(C)(C)C. The molecule has 0 aliphatic heterocycles. The lowest BCUT2D eigenvalue weighted by molar-refractivity contribution is 0.0470. The van der Waals surface area contributed by atoms with Crippen LogP contribution >= 0.6 is 0 Å². The van der Waals surface area contributed by atoms with Crippen LogP contribution in [0.1, 0.15) is 34.1 Å². The second-order valence-electron chi connectivity index (χ2n) is 5.30. The van der Waals surface area contributed by atoms with Gasteiger partial charge in [-0.1, -0.05) is 6.92 Å². The fraction of sp³-hybridized carbons (Fsp3) is 0.615. The van der Waals surface area contributed by atoms with Crippen LogP contribution in [0.3, 0.4) is 0 Å². The van der Waals surface area contributed by atoms with Gasteiger partial charge >= 0.3 is 12.2 Å². The van der Waals surface area contributed by atoms with E-state index < -0.39 is 17.8 Å². The number of carbonyl (C=O) groups is 2. The van der Waals surface area contributed by atoms with E-state index in [2.05, 4.69) is 10.3 Å².